The second-order valence-corrected chi connectivity index (χ2v) is 4.63. The number of benzene rings is 2. The number of rotatable bonds is 3. The summed E-state index contributed by atoms with van der Waals surface area (Å²) in [7, 11) is 0. The molecule has 110 valence electrons. The SMILES string of the molecule is Nc1nc(COC(=O)c2ccc(F)cc2)nc2ccccc12. The minimum Gasteiger partial charge on any atom is -0.454 e. The predicted molar refractivity (Wildman–Crippen MR) is 79.5 cm³/mol. The van der Waals surface area contributed by atoms with Crippen molar-refractivity contribution in [1.29, 1.82) is 0 Å². The number of fused-ring (bicyclic) bond motifs is 1. The second kappa shape index (κ2) is 5.77. The second-order valence-electron chi connectivity index (χ2n) is 4.63. The monoisotopic (exact) mass is 297 g/mol. The highest BCUT2D eigenvalue weighted by molar-refractivity contribution is 5.89. The summed E-state index contributed by atoms with van der Waals surface area (Å²) in [6.07, 6.45) is 0. The summed E-state index contributed by atoms with van der Waals surface area (Å²) in [4.78, 5) is 20.2. The van der Waals surface area contributed by atoms with E-state index in [4.69, 9.17) is 10.5 Å². The highest BCUT2D eigenvalue weighted by atomic mass is 19.1. The first-order valence-corrected chi connectivity index (χ1v) is 6.57. The van der Waals surface area contributed by atoms with Crippen molar-refractivity contribution < 1.29 is 13.9 Å². The van der Waals surface area contributed by atoms with Gasteiger partial charge in [0.2, 0.25) is 0 Å². The minimum absolute atomic E-state index is 0.106. The van der Waals surface area contributed by atoms with Gasteiger partial charge in [0, 0.05) is 5.39 Å². The number of hydrogen-bond donors (Lipinski definition) is 1. The van der Waals surface area contributed by atoms with Crippen LogP contribution in [0.25, 0.3) is 10.9 Å². The Kier molecular flexibility index (Phi) is 3.65. The standard InChI is InChI=1S/C16H12FN3O2/c17-11-7-5-10(6-8-11)16(21)22-9-14-19-13-4-2-1-3-12(13)15(18)20-14/h1-8H,9H2,(H2,18,19,20). The Morgan fingerprint density at radius 2 is 1.82 bits per heavy atom. The summed E-state index contributed by atoms with van der Waals surface area (Å²) in [6, 6.07) is 12.4. The van der Waals surface area contributed by atoms with Crippen LogP contribution in [-0.2, 0) is 11.3 Å². The van der Waals surface area contributed by atoms with Crippen LogP contribution in [0.5, 0.6) is 0 Å². The molecule has 0 radical (unpaired) electrons. The molecule has 3 rings (SSSR count). The molecule has 0 spiro atoms. The van der Waals surface area contributed by atoms with E-state index in [1.165, 1.54) is 24.3 Å². The van der Waals surface area contributed by atoms with Crippen LogP contribution in [0.3, 0.4) is 0 Å². The van der Waals surface area contributed by atoms with E-state index >= 15 is 0 Å². The van der Waals surface area contributed by atoms with Gasteiger partial charge in [0.05, 0.1) is 11.1 Å². The van der Waals surface area contributed by atoms with Crippen LogP contribution in [0.15, 0.2) is 48.5 Å². The molecule has 3 aromatic rings. The van der Waals surface area contributed by atoms with Crippen molar-refractivity contribution in [2.45, 2.75) is 6.61 Å². The maximum absolute atomic E-state index is 12.8. The Morgan fingerprint density at radius 3 is 2.59 bits per heavy atom. The first-order valence-electron chi connectivity index (χ1n) is 6.57. The van der Waals surface area contributed by atoms with E-state index < -0.39 is 11.8 Å². The molecule has 2 aromatic carbocycles. The van der Waals surface area contributed by atoms with Gasteiger partial charge in [0.25, 0.3) is 0 Å². The van der Waals surface area contributed by atoms with Crippen LogP contribution in [0, 0.1) is 5.82 Å². The van der Waals surface area contributed by atoms with Gasteiger partial charge in [-0.1, -0.05) is 12.1 Å². The number of nitrogens with two attached hydrogens (primary N) is 1. The lowest BCUT2D eigenvalue weighted by Gasteiger charge is -2.06. The number of ether oxygens (including phenoxy) is 1. The molecule has 0 saturated carbocycles. The summed E-state index contributed by atoms with van der Waals surface area (Å²) < 4.78 is 17.9. The molecule has 2 N–H and O–H groups in total. The Morgan fingerprint density at radius 1 is 1.09 bits per heavy atom. The van der Waals surface area contributed by atoms with E-state index in [0.717, 1.165) is 5.39 Å². The number of para-hydroxylation sites is 1. The number of aromatic nitrogens is 2. The smallest absolute Gasteiger partial charge is 0.338 e. The number of nitrogens with zero attached hydrogens (tertiary/aromatic N) is 2. The van der Waals surface area contributed by atoms with Gasteiger partial charge < -0.3 is 10.5 Å². The van der Waals surface area contributed by atoms with Crippen LogP contribution >= 0.6 is 0 Å². The summed E-state index contributed by atoms with van der Waals surface area (Å²) in [5.74, 6) is -0.345. The van der Waals surface area contributed by atoms with Crippen molar-refractivity contribution in [3.05, 3.63) is 65.7 Å². The van der Waals surface area contributed by atoms with Crippen LogP contribution in [0.1, 0.15) is 16.2 Å². The third-order valence-corrected chi connectivity index (χ3v) is 3.09. The molecule has 0 aliphatic rings. The first-order chi connectivity index (χ1) is 10.6. The molecule has 0 saturated heterocycles. The molecule has 0 aliphatic carbocycles. The van der Waals surface area contributed by atoms with Crippen molar-refractivity contribution in [2.24, 2.45) is 0 Å². The van der Waals surface area contributed by atoms with Gasteiger partial charge in [-0.05, 0) is 36.4 Å². The lowest BCUT2D eigenvalue weighted by atomic mass is 10.2. The topological polar surface area (TPSA) is 78.1 Å². The molecule has 1 aromatic heterocycles. The molecule has 22 heavy (non-hydrogen) atoms. The highest BCUT2D eigenvalue weighted by Gasteiger charge is 2.10. The van der Waals surface area contributed by atoms with Gasteiger partial charge >= 0.3 is 5.97 Å². The molecule has 0 fully saturated rings. The van der Waals surface area contributed by atoms with Crippen molar-refractivity contribution in [3.63, 3.8) is 0 Å². The van der Waals surface area contributed by atoms with E-state index in [-0.39, 0.29) is 12.2 Å². The normalized spacial score (nSPS) is 10.6. The Bertz CT molecular complexity index is 834. The largest absolute Gasteiger partial charge is 0.454 e. The average molecular weight is 297 g/mol. The average Bonchev–Trinajstić information content (AvgIpc) is 2.53. The number of carbonyl (C=O) groups is 1. The molecule has 0 unspecified atom stereocenters. The van der Waals surface area contributed by atoms with Gasteiger partial charge in [-0.2, -0.15) is 0 Å². The molecule has 1 heterocycles. The van der Waals surface area contributed by atoms with Crippen molar-refractivity contribution in [2.75, 3.05) is 5.73 Å². The summed E-state index contributed by atoms with van der Waals surface area (Å²) >= 11 is 0. The third-order valence-electron chi connectivity index (χ3n) is 3.09. The molecule has 6 heteroatoms. The molecule has 0 aliphatic heterocycles. The zero-order valence-electron chi connectivity index (χ0n) is 11.5. The number of anilines is 1. The molecule has 0 atom stereocenters. The van der Waals surface area contributed by atoms with Gasteiger partial charge in [-0.25, -0.2) is 19.2 Å². The zero-order valence-corrected chi connectivity index (χ0v) is 11.5. The molecular weight excluding hydrogens is 285 g/mol. The van der Waals surface area contributed by atoms with E-state index in [2.05, 4.69) is 9.97 Å². The fourth-order valence-corrected chi connectivity index (χ4v) is 2.01. The Labute approximate surface area is 125 Å². The van der Waals surface area contributed by atoms with E-state index in [9.17, 15) is 9.18 Å². The zero-order chi connectivity index (χ0) is 15.5. The van der Waals surface area contributed by atoms with E-state index in [1.54, 1.807) is 6.07 Å². The number of nitrogen functional groups attached to an aromatic ring is 1. The van der Waals surface area contributed by atoms with Gasteiger partial charge in [0.1, 0.15) is 11.6 Å². The van der Waals surface area contributed by atoms with Crippen molar-refractivity contribution in [3.8, 4) is 0 Å². The van der Waals surface area contributed by atoms with Gasteiger partial charge in [0.15, 0.2) is 12.4 Å². The molecule has 0 bridgehead atoms. The Balaban J connectivity index is 1.76. The third kappa shape index (κ3) is 2.85. The lowest BCUT2D eigenvalue weighted by Crippen LogP contribution is -2.08. The number of hydrogen-bond acceptors (Lipinski definition) is 5. The maximum atomic E-state index is 12.8. The summed E-state index contributed by atoms with van der Waals surface area (Å²) in [5.41, 5.74) is 6.80. The van der Waals surface area contributed by atoms with E-state index in [1.807, 2.05) is 18.2 Å². The molecule has 5 nitrogen and oxygen atoms in total. The van der Waals surface area contributed by atoms with Gasteiger partial charge in [-0.15, -0.1) is 0 Å². The van der Waals surface area contributed by atoms with Crippen LogP contribution in [0.4, 0.5) is 10.2 Å². The first kappa shape index (κ1) is 13.9. The van der Waals surface area contributed by atoms with Crippen LogP contribution in [-0.4, -0.2) is 15.9 Å². The van der Waals surface area contributed by atoms with Crippen LogP contribution in [0.2, 0.25) is 0 Å². The predicted octanol–water partition coefficient (Wildman–Crippen LogP) is 2.71. The number of carbonyl (C=O) groups excluding carboxylic acids is 1. The fraction of sp³-hybridized carbons (Fsp3) is 0.0625. The van der Waals surface area contributed by atoms with Crippen molar-refractivity contribution in [1.82, 2.24) is 9.97 Å². The molecule has 0 amide bonds. The maximum Gasteiger partial charge on any atom is 0.338 e. The van der Waals surface area contributed by atoms with Crippen LogP contribution < -0.4 is 5.73 Å². The summed E-state index contributed by atoms with van der Waals surface area (Å²) in [5, 5.41) is 0.746. The van der Waals surface area contributed by atoms with E-state index in [0.29, 0.717) is 17.2 Å². The number of halogens is 1. The van der Waals surface area contributed by atoms with Gasteiger partial charge in [-0.3, -0.25) is 0 Å². The quantitative estimate of drug-likeness (QED) is 0.752. The minimum atomic E-state index is -0.574. The molecular formula is C16H12FN3O2. The fourth-order valence-electron chi connectivity index (χ4n) is 2.01. The highest BCUT2D eigenvalue weighted by Crippen LogP contribution is 2.17. The lowest BCUT2D eigenvalue weighted by molar-refractivity contribution is 0.0462. The van der Waals surface area contributed by atoms with Crippen molar-refractivity contribution >= 4 is 22.7 Å². The summed E-state index contributed by atoms with van der Waals surface area (Å²) in [6.45, 7) is -0.106. The number of esters is 1. The Hall–Kier alpha value is -3.02.